The Hall–Kier alpha value is -2.66. The van der Waals surface area contributed by atoms with Crippen molar-refractivity contribution in [2.45, 2.75) is 5.60 Å². The molecule has 2 amide bonds. The van der Waals surface area contributed by atoms with Crippen LogP contribution in [-0.2, 0) is 10.4 Å². The molecular weight excluding hydrogens is 292 g/mol. The van der Waals surface area contributed by atoms with Gasteiger partial charge >= 0.3 is 0 Å². The minimum absolute atomic E-state index is 0.251. The van der Waals surface area contributed by atoms with Crippen LogP contribution >= 0.6 is 0 Å². The van der Waals surface area contributed by atoms with Crippen LogP contribution in [0.15, 0.2) is 48.5 Å². The summed E-state index contributed by atoms with van der Waals surface area (Å²) in [5, 5.41) is 11.3. The van der Waals surface area contributed by atoms with Crippen LogP contribution in [-0.4, -0.2) is 43.0 Å². The number of amides is 2. The molecule has 1 aliphatic rings. The number of hydrogen-bond donors (Lipinski definition) is 1. The Morgan fingerprint density at radius 3 is 2.35 bits per heavy atom. The monoisotopic (exact) mass is 310 g/mol. The second kappa shape index (κ2) is 5.21. The zero-order valence-corrected chi connectivity index (χ0v) is 13.3. The number of hydrogen-bond acceptors (Lipinski definition) is 3. The minimum atomic E-state index is -1.85. The molecule has 1 atom stereocenters. The summed E-state index contributed by atoms with van der Waals surface area (Å²) < 4.78 is 0. The molecule has 0 radical (unpaired) electrons. The van der Waals surface area contributed by atoms with Crippen molar-refractivity contribution in [3.05, 3.63) is 65.2 Å². The number of nitrogens with zero attached hydrogens (tertiary/aromatic N) is 2. The molecule has 23 heavy (non-hydrogen) atoms. The quantitative estimate of drug-likeness (QED) is 0.916. The van der Waals surface area contributed by atoms with Crippen LogP contribution < -0.4 is 4.90 Å². The van der Waals surface area contributed by atoms with Crippen LogP contribution in [0, 0.1) is 0 Å². The van der Waals surface area contributed by atoms with Crippen LogP contribution in [0.1, 0.15) is 21.5 Å². The number of rotatable bonds is 2. The SMILES string of the molecule is CN(C)C(=O)c1cccc2c1C(O)(c1ccccc1)C(=O)N2C. The Balaban J connectivity index is 2.32. The molecule has 1 aliphatic heterocycles. The van der Waals surface area contributed by atoms with Crippen molar-refractivity contribution in [2.24, 2.45) is 0 Å². The number of anilines is 1. The molecule has 0 saturated heterocycles. The zero-order valence-electron chi connectivity index (χ0n) is 13.3. The van der Waals surface area contributed by atoms with E-state index in [0.29, 0.717) is 22.4 Å². The highest BCUT2D eigenvalue weighted by Gasteiger charge is 2.51. The van der Waals surface area contributed by atoms with Gasteiger partial charge in [0.15, 0.2) is 5.60 Å². The van der Waals surface area contributed by atoms with E-state index in [4.69, 9.17) is 0 Å². The fourth-order valence-electron chi connectivity index (χ4n) is 3.03. The van der Waals surface area contributed by atoms with Crippen LogP contribution in [0.5, 0.6) is 0 Å². The zero-order chi connectivity index (χ0) is 16.8. The average Bonchev–Trinajstić information content (AvgIpc) is 2.77. The predicted octanol–water partition coefficient (Wildman–Crippen LogP) is 1.60. The summed E-state index contributed by atoms with van der Waals surface area (Å²) in [6.07, 6.45) is 0. The van der Waals surface area contributed by atoms with Crippen molar-refractivity contribution >= 4 is 17.5 Å². The van der Waals surface area contributed by atoms with E-state index in [1.54, 1.807) is 63.6 Å². The Morgan fingerprint density at radius 1 is 1.09 bits per heavy atom. The summed E-state index contributed by atoms with van der Waals surface area (Å²) in [5.74, 6) is -0.711. The lowest BCUT2D eigenvalue weighted by Crippen LogP contribution is -2.40. The molecule has 0 bridgehead atoms. The average molecular weight is 310 g/mol. The number of carbonyl (C=O) groups excluding carboxylic acids is 2. The van der Waals surface area contributed by atoms with Gasteiger partial charge in [0.25, 0.3) is 11.8 Å². The number of fused-ring (bicyclic) bond motifs is 1. The molecule has 0 aliphatic carbocycles. The lowest BCUT2D eigenvalue weighted by molar-refractivity contribution is -0.131. The Labute approximate surface area is 134 Å². The largest absolute Gasteiger partial charge is 0.372 e. The van der Waals surface area contributed by atoms with Gasteiger partial charge in [0, 0.05) is 32.3 Å². The normalized spacial score (nSPS) is 19.7. The molecule has 1 N–H and O–H groups in total. The van der Waals surface area contributed by atoms with E-state index < -0.39 is 11.5 Å². The lowest BCUT2D eigenvalue weighted by Gasteiger charge is -2.24. The van der Waals surface area contributed by atoms with E-state index in [2.05, 4.69) is 0 Å². The maximum absolute atomic E-state index is 12.8. The minimum Gasteiger partial charge on any atom is -0.372 e. The third kappa shape index (κ3) is 2.04. The van der Waals surface area contributed by atoms with Gasteiger partial charge in [-0.05, 0) is 17.7 Å². The number of benzene rings is 2. The first-order chi connectivity index (χ1) is 10.9. The van der Waals surface area contributed by atoms with E-state index >= 15 is 0 Å². The number of aliphatic hydroxyl groups is 1. The topological polar surface area (TPSA) is 60.9 Å². The smallest absolute Gasteiger partial charge is 0.268 e. The molecule has 0 aromatic heterocycles. The highest BCUT2D eigenvalue weighted by molar-refractivity contribution is 6.12. The molecule has 0 spiro atoms. The fraction of sp³-hybridized carbons (Fsp3) is 0.222. The summed E-state index contributed by atoms with van der Waals surface area (Å²) in [4.78, 5) is 28.1. The maximum Gasteiger partial charge on any atom is 0.268 e. The summed E-state index contributed by atoms with van der Waals surface area (Å²) in [7, 11) is 4.89. The first kappa shape index (κ1) is 15.2. The first-order valence-electron chi connectivity index (χ1n) is 7.30. The summed E-state index contributed by atoms with van der Waals surface area (Å²) in [5.41, 5.74) is -0.175. The second-order valence-corrected chi connectivity index (χ2v) is 5.84. The standard InChI is InChI=1S/C18H18N2O3/c1-19(2)16(21)13-10-7-11-14-15(13)18(23,17(22)20(14)3)12-8-5-4-6-9-12/h4-11,23H,1-3H3. The summed E-state index contributed by atoms with van der Waals surface area (Å²) >= 11 is 0. The van der Waals surface area contributed by atoms with Gasteiger partial charge in [0.05, 0.1) is 5.69 Å². The van der Waals surface area contributed by atoms with E-state index in [-0.39, 0.29) is 5.91 Å². The summed E-state index contributed by atoms with van der Waals surface area (Å²) in [6, 6.07) is 13.8. The van der Waals surface area contributed by atoms with Crippen molar-refractivity contribution in [2.75, 3.05) is 26.0 Å². The molecule has 2 aromatic rings. The van der Waals surface area contributed by atoms with E-state index in [0.717, 1.165) is 0 Å². The molecule has 5 heteroatoms. The van der Waals surface area contributed by atoms with Crippen molar-refractivity contribution in [3.63, 3.8) is 0 Å². The predicted molar refractivity (Wildman–Crippen MR) is 87.3 cm³/mol. The van der Waals surface area contributed by atoms with Gasteiger partial charge in [-0.2, -0.15) is 0 Å². The second-order valence-electron chi connectivity index (χ2n) is 5.84. The van der Waals surface area contributed by atoms with Gasteiger partial charge in [-0.15, -0.1) is 0 Å². The summed E-state index contributed by atoms with van der Waals surface area (Å²) in [6.45, 7) is 0. The molecule has 5 nitrogen and oxygen atoms in total. The molecular formula is C18H18N2O3. The fourth-order valence-corrected chi connectivity index (χ4v) is 3.03. The number of carbonyl (C=O) groups is 2. The molecule has 3 rings (SSSR count). The lowest BCUT2D eigenvalue weighted by atomic mass is 9.84. The third-order valence-electron chi connectivity index (χ3n) is 4.21. The Bertz CT molecular complexity index is 786. The van der Waals surface area contributed by atoms with Crippen LogP contribution in [0.25, 0.3) is 0 Å². The Morgan fingerprint density at radius 2 is 1.74 bits per heavy atom. The van der Waals surface area contributed by atoms with Crippen LogP contribution in [0.3, 0.4) is 0 Å². The third-order valence-corrected chi connectivity index (χ3v) is 4.21. The number of likely N-dealkylation sites (N-methyl/N-ethyl adjacent to an activating group) is 1. The molecule has 1 heterocycles. The molecule has 1 unspecified atom stereocenters. The molecule has 0 fully saturated rings. The molecule has 0 saturated carbocycles. The highest BCUT2D eigenvalue weighted by Crippen LogP contribution is 2.45. The van der Waals surface area contributed by atoms with Gasteiger partial charge in [-0.25, -0.2) is 0 Å². The van der Waals surface area contributed by atoms with E-state index in [1.165, 1.54) is 9.80 Å². The van der Waals surface area contributed by atoms with Gasteiger partial charge in [0.2, 0.25) is 0 Å². The molecule has 2 aromatic carbocycles. The van der Waals surface area contributed by atoms with E-state index in [9.17, 15) is 14.7 Å². The van der Waals surface area contributed by atoms with Gasteiger partial charge in [-0.1, -0.05) is 36.4 Å². The Kier molecular flexibility index (Phi) is 3.45. The van der Waals surface area contributed by atoms with Gasteiger partial charge < -0.3 is 14.9 Å². The van der Waals surface area contributed by atoms with Gasteiger partial charge in [0.1, 0.15) is 0 Å². The van der Waals surface area contributed by atoms with Crippen LogP contribution in [0.2, 0.25) is 0 Å². The van der Waals surface area contributed by atoms with Crippen molar-refractivity contribution < 1.29 is 14.7 Å². The van der Waals surface area contributed by atoms with Crippen LogP contribution in [0.4, 0.5) is 5.69 Å². The van der Waals surface area contributed by atoms with Gasteiger partial charge in [-0.3, -0.25) is 9.59 Å². The highest BCUT2D eigenvalue weighted by atomic mass is 16.3. The van der Waals surface area contributed by atoms with Crippen molar-refractivity contribution in [1.82, 2.24) is 4.90 Å². The molecule has 118 valence electrons. The van der Waals surface area contributed by atoms with Crippen molar-refractivity contribution in [3.8, 4) is 0 Å². The van der Waals surface area contributed by atoms with E-state index in [1.807, 2.05) is 6.07 Å². The maximum atomic E-state index is 12.8. The first-order valence-corrected chi connectivity index (χ1v) is 7.30. The van der Waals surface area contributed by atoms with Crippen molar-refractivity contribution in [1.29, 1.82) is 0 Å².